The van der Waals surface area contributed by atoms with E-state index in [1.54, 1.807) is 38.8 Å². The van der Waals surface area contributed by atoms with Crippen molar-refractivity contribution in [3.63, 3.8) is 0 Å². The second-order valence-corrected chi connectivity index (χ2v) is 8.02. The van der Waals surface area contributed by atoms with Crippen LogP contribution >= 0.6 is 0 Å². The zero-order chi connectivity index (χ0) is 23.5. The highest BCUT2D eigenvalue weighted by Crippen LogP contribution is 2.40. The highest BCUT2D eigenvalue weighted by Gasteiger charge is 2.32. The standard InChI is InChI=1S/C26H27NO6/c1-16-13-23-25(26(29)27(16)2)20(15-24(28)33-23)18-7-10-21(22(14-18)31-4)32-12-11-17-5-8-19(30-3)9-6-17/h5-10,13-14,20H,11-12,15H2,1-4H3. The van der Waals surface area contributed by atoms with E-state index in [9.17, 15) is 9.59 Å². The number of benzene rings is 2. The Hall–Kier alpha value is -3.74. The van der Waals surface area contributed by atoms with Gasteiger partial charge < -0.3 is 23.5 Å². The Kier molecular flexibility index (Phi) is 6.40. The van der Waals surface area contributed by atoms with Crippen molar-refractivity contribution in [2.24, 2.45) is 7.05 Å². The summed E-state index contributed by atoms with van der Waals surface area (Å²) < 4.78 is 23.7. The van der Waals surface area contributed by atoms with Crippen molar-refractivity contribution in [2.75, 3.05) is 20.8 Å². The van der Waals surface area contributed by atoms with Crippen molar-refractivity contribution in [1.29, 1.82) is 0 Å². The quantitative estimate of drug-likeness (QED) is 0.511. The van der Waals surface area contributed by atoms with Gasteiger partial charge in [-0.25, -0.2) is 0 Å². The van der Waals surface area contributed by atoms with Gasteiger partial charge in [-0.3, -0.25) is 9.59 Å². The van der Waals surface area contributed by atoms with Gasteiger partial charge in [0.05, 0.1) is 32.8 Å². The number of carbonyl (C=O) groups is 1. The number of aryl methyl sites for hydroxylation is 1. The van der Waals surface area contributed by atoms with E-state index in [4.69, 9.17) is 18.9 Å². The Bertz CT molecular complexity index is 1230. The smallest absolute Gasteiger partial charge is 0.312 e. The molecule has 0 fully saturated rings. The zero-order valence-corrected chi connectivity index (χ0v) is 19.2. The van der Waals surface area contributed by atoms with Gasteiger partial charge in [0.2, 0.25) is 0 Å². The van der Waals surface area contributed by atoms with Gasteiger partial charge in [-0.15, -0.1) is 0 Å². The first kappa shape index (κ1) is 22.5. The maximum Gasteiger partial charge on any atom is 0.312 e. The lowest BCUT2D eigenvalue weighted by atomic mass is 9.86. The van der Waals surface area contributed by atoms with Gasteiger partial charge in [-0.2, -0.15) is 0 Å². The second kappa shape index (κ2) is 9.40. The summed E-state index contributed by atoms with van der Waals surface area (Å²) in [6.45, 7) is 2.28. The van der Waals surface area contributed by atoms with Crippen LogP contribution in [0.3, 0.4) is 0 Å². The molecule has 0 aliphatic carbocycles. The maximum atomic E-state index is 13.0. The van der Waals surface area contributed by atoms with E-state index in [1.807, 2.05) is 42.5 Å². The van der Waals surface area contributed by atoms with Gasteiger partial charge in [0, 0.05) is 31.1 Å². The number of rotatable bonds is 7. The summed E-state index contributed by atoms with van der Waals surface area (Å²) >= 11 is 0. The monoisotopic (exact) mass is 449 g/mol. The third kappa shape index (κ3) is 4.58. The minimum absolute atomic E-state index is 0.0894. The Morgan fingerprint density at radius 2 is 1.76 bits per heavy atom. The molecule has 0 bridgehead atoms. The topological polar surface area (TPSA) is 76.0 Å². The summed E-state index contributed by atoms with van der Waals surface area (Å²) in [5.74, 6) is 1.52. The van der Waals surface area contributed by atoms with Crippen LogP contribution in [-0.4, -0.2) is 31.4 Å². The van der Waals surface area contributed by atoms with Crippen molar-refractivity contribution in [3.05, 3.63) is 81.3 Å². The highest BCUT2D eigenvalue weighted by atomic mass is 16.5. The van der Waals surface area contributed by atoms with Crippen molar-refractivity contribution in [2.45, 2.75) is 25.7 Å². The van der Waals surface area contributed by atoms with Crippen LogP contribution < -0.4 is 24.5 Å². The number of nitrogens with zero attached hydrogens (tertiary/aromatic N) is 1. The van der Waals surface area contributed by atoms with Crippen LogP contribution in [0.4, 0.5) is 0 Å². The van der Waals surface area contributed by atoms with E-state index in [-0.39, 0.29) is 17.9 Å². The van der Waals surface area contributed by atoms with Crippen molar-refractivity contribution in [3.8, 4) is 23.0 Å². The fraction of sp³-hybridized carbons (Fsp3) is 0.308. The summed E-state index contributed by atoms with van der Waals surface area (Å²) in [5, 5.41) is 0. The Balaban J connectivity index is 1.56. The zero-order valence-electron chi connectivity index (χ0n) is 19.2. The first-order valence-electron chi connectivity index (χ1n) is 10.8. The van der Waals surface area contributed by atoms with Gasteiger partial charge in [-0.1, -0.05) is 18.2 Å². The third-order valence-corrected chi connectivity index (χ3v) is 6.01. The first-order valence-corrected chi connectivity index (χ1v) is 10.8. The molecular formula is C26H27NO6. The average molecular weight is 450 g/mol. The third-order valence-electron chi connectivity index (χ3n) is 6.01. The largest absolute Gasteiger partial charge is 0.497 e. The molecule has 4 rings (SSSR count). The van der Waals surface area contributed by atoms with Crippen molar-refractivity contribution < 1.29 is 23.7 Å². The average Bonchev–Trinajstić information content (AvgIpc) is 2.82. The second-order valence-electron chi connectivity index (χ2n) is 8.02. The SMILES string of the molecule is COc1ccc(CCOc2ccc(C3CC(=O)Oc4cc(C)n(C)c(=O)c43)cc2OC)cc1. The van der Waals surface area contributed by atoms with Crippen LogP contribution in [0.15, 0.2) is 53.3 Å². The molecule has 2 heterocycles. The molecule has 0 amide bonds. The number of aromatic nitrogens is 1. The van der Waals surface area contributed by atoms with E-state index in [0.717, 1.165) is 29.0 Å². The molecule has 172 valence electrons. The predicted molar refractivity (Wildman–Crippen MR) is 124 cm³/mol. The minimum Gasteiger partial charge on any atom is -0.497 e. The number of ether oxygens (including phenoxy) is 4. The molecule has 0 saturated carbocycles. The fourth-order valence-electron chi connectivity index (χ4n) is 4.02. The summed E-state index contributed by atoms with van der Waals surface area (Å²) in [6, 6.07) is 15.1. The van der Waals surface area contributed by atoms with Gasteiger partial charge >= 0.3 is 5.97 Å². The lowest BCUT2D eigenvalue weighted by molar-refractivity contribution is -0.135. The van der Waals surface area contributed by atoms with E-state index in [0.29, 0.717) is 29.4 Å². The maximum absolute atomic E-state index is 13.0. The number of hydrogen-bond acceptors (Lipinski definition) is 6. The van der Waals surface area contributed by atoms with Crippen molar-refractivity contribution >= 4 is 5.97 Å². The Morgan fingerprint density at radius 3 is 2.45 bits per heavy atom. The van der Waals surface area contributed by atoms with Gasteiger partial charge in [-0.05, 0) is 42.3 Å². The van der Waals surface area contributed by atoms with Crippen LogP contribution in [0, 0.1) is 6.92 Å². The molecule has 0 spiro atoms. The lowest BCUT2D eigenvalue weighted by Crippen LogP contribution is -2.32. The fourth-order valence-corrected chi connectivity index (χ4v) is 4.02. The molecule has 3 aromatic rings. The molecule has 7 heteroatoms. The number of pyridine rings is 1. The van der Waals surface area contributed by atoms with E-state index in [1.165, 1.54) is 0 Å². The van der Waals surface area contributed by atoms with E-state index < -0.39 is 5.92 Å². The molecule has 1 aromatic heterocycles. The molecule has 33 heavy (non-hydrogen) atoms. The Morgan fingerprint density at radius 1 is 1.00 bits per heavy atom. The molecule has 7 nitrogen and oxygen atoms in total. The number of carbonyl (C=O) groups excluding carboxylic acids is 1. The van der Waals surface area contributed by atoms with E-state index in [2.05, 4.69) is 0 Å². The first-order chi connectivity index (χ1) is 15.9. The predicted octanol–water partition coefficient (Wildman–Crippen LogP) is 3.77. The van der Waals surface area contributed by atoms with E-state index >= 15 is 0 Å². The summed E-state index contributed by atoms with van der Waals surface area (Å²) in [4.78, 5) is 25.2. The molecule has 1 aliphatic rings. The molecular weight excluding hydrogens is 422 g/mol. The van der Waals surface area contributed by atoms with Crippen LogP contribution in [0.2, 0.25) is 0 Å². The molecule has 1 unspecified atom stereocenters. The lowest BCUT2D eigenvalue weighted by Gasteiger charge is -2.26. The molecule has 0 N–H and O–H groups in total. The molecule has 2 aromatic carbocycles. The molecule has 0 saturated heterocycles. The van der Waals surface area contributed by atoms with Crippen LogP contribution in [0.25, 0.3) is 0 Å². The van der Waals surface area contributed by atoms with Gasteiger partial charge in [0.25, 0.3) is 5.56 Å². The van der Waals surface area contributed by atoms with Crippen LogP contribution in [0.5, 0.6) is 23.0 Å². The van der Waals surface area contributed by atoms with Gasteiger partial charge in [0.15, 0.2) is 11.5 Å². The van der Waals surface area contributed by atoms with Crippen LogP contribution in [-0.2, 0) is 18.3 Å². The molecule has 1 atom stereocenters. The van der Waals surface area contributed by atoms with Crippen LogP contribution in [0.1, 0.15) is 34.7 Å². The number of esters is 1. The summed E-state index contributed by atoms with van der Waals surface area (Å²) in [6.07, 6.45) is 0.818. The number of methoxy groups -OCH3 is 2. The van der Waals surface area contributed by atoms with Crippen molar-refractivity contribution in [1.82, 2.24) is 4.57 Å². The summed E-state index contributed by atoms with van der Waals surface area (Å²) in [7, 11) is 4.93. The number of fused-ring (bicyclic) bond motifs is 1. The highest BCUT2D eigenvalue weighted by molar-refractivity contribution is 5.77. The molecule has 1 aliphatic heterocycles. The normalized spacial score (nSPS) is 14.9. The number of hydrogen-bond donors (Lipinski definition) is 0. The Labute approximate surface area is 192 Å². The molecule has 0 radical (unpaired) electrons. The van der Waals surface area contributed by atoms with Gasteiger partial charge in [0.1, 0.15) is 11.5 Å². The minimum atomic E-state index is -0.414. The summed E-state index contributed by atoms with van der Waals surface area (Å²) in [5.41, 5.74) is 2.98.